The fraction of sp³-hybridized carbons (Fsp3) is 0. The second-order valence-corrected chi connectivity index (χ2v) is 15.2. The van der Waals surface area contributed by atoms with Crippen molar-refractivity contribution >= 4 is 73.1 Å². The van der Waals surface area contributed by atoms with E-state index >= 15 is 0 Å². The predicted molar refractivity (Wildman–Crippen MR) is 234 cm³/mol. The van der Waals surface area contributed by atoms with E-state index in [1.807, 2.05) is 18.2 Å². The van der Waals surface area contributed by atoms with Gasteiger partial charge in [-0.3, -0.25) is 4.79 Å². The third kappa shape index (κ3) is 5.09. The SMILES string of the molecule is O=C1c2cc(-n3c4ccc(N(c5ccccc5)c5ccccc5)cc4c4cc(N(c5ccccc5)c5ccccc5)ccc43)sc2-c2cc3cccccc-3c21. The van der Waals surface area contributed by atoms with E-state index in [1.54, 1.807) is 11.3 Å². The molecule has 4 nitrogen and oxygen atoms in total. The molecule has 11 rings (SSSR count). The molecular formula is C51H33N3OS. The van der Waals surface area contributed by atoms with Gasteiger partial charge >= 0.3 is 0 Å². The van der Waals surface area contributed by atoms with Crippen LogP contribution in [-0.4, -0.2) is 10.4 Å². The molecule has 0 amide bonds. The van der Waals surface area contributed by atoms with Gasteiger partial charge in [-0.05, 0) is 108 Å². The van der Waals surface area contributed by atoms with Gasteiger partial charge in [0.15, 0.2) is 5.78 Å². The Kier molecular flexibility index (Phi) is 7.47. The highest BCUT2D eigenvalue weighted by molar-refractivity contribution is 7.18. The zero-order valence-electron chi connectivity index (χ0n) is 30.2. The highest BCUT2D eigenvalue weighted by Crippen LogP contribution is 2.51. The summed E-state index contributed by atoms with van der Waals surface area (Å²) >= 11 is 1.70. The smallest absolute Gasteiger partial charge is 0.195 e. The Balaban J connectivity index is 1.15. The number of thiophene rings is 1. The monoisotopic (exact) mass is 735 g/mol. The number of carbonyl (C=O) groups is 1. The molecule has 264 valence electrons. The van der Waals surface area contributed by atoms with Gasteiger partial charge in [0.05, 0.1) is 11.0 Å². The molecule has 0 atom stereocenters. The summed E-state index contributed by atoms with van der Waals surface area (Å²) in [5, 5.41) is 3.28. The lowest BCUT2D eigenvalue weighted by Crippen LogP contribution is -2.09. The molecule has 0 unspecified atom stereocenters. The third-order valence-corrected chi connectivity index (χ3v) is 12.0. The number of anilines is 6. The van der Waals surface area contributed by atoms with Crippen LogP contribution in [0.1, 0.15) is 15.9 Å². The van der Waals surface area contributed by atoms with Crippen molar-refractivity contribution in [3.8, 4) is 26.6 Å². The van der Waals surface area contributed by atoms with Gasteiger partial charge in [0, 0.05) is 66.5 Å². The lowest BCUT2D eigenvalue weighted by Gasteiger charge is -2.26. The molecule has 3 aliphatic carbocycles. The summed E-state index contributed by atoms with van der Waals surface area (Å²) < 4.78 is 2.35. The highest BCUT2D eigenvalue weighted by atomic mass is 32.1. The molecule has 2 aromatic heterocycles. The van der Waals surface area contributed by atoms with Crippen LogP contribution in [0.3, 0.4) is 0 Å². The van der Waals surface area contributed by atoms with Crippen LogP contribution in [0.15, 0.2) is 200 Å². The number of para-hydroxylation sites is 4. The maximum absolute atomic E-state index is 14.1. The van der Waals surface area contributed by atoms with Crippen LogP contribution in [0.4, 0.5) is 34.1 Å². The molecular weight excluding hydrogens is 703 g/mol. The molecule has 6 aromatic carbocycles. The molecule has 3 aliphatic rings. The lowest BCUT2D eigenvalue weighted by molar-refractivity contribution is 0.104. The van der Waals surface area contributed by atoms with E-state index in [9.17, 15) is 4.79 Å². The second kappa shape index (κ2) is 13.0. The maximum atomic E-state index is 14.1. The highest BCUT2D eigenvalue weighted by Gasteiger charge is 2.35. The molecule has 0 saturated heterocycles. The Hall–Kier alpha value is -7.21. The minimum atomic E-state index is 0.103. The Morgan fingerprint density at radius 3 is 1.32 bits per heavy atom. The van der Waals surface area contributed by atoms with Crippen LogP contribution < -0.4 is 9.80 Å². The lowest BCUT2D eigenvalue weighted by atomic mass is 10.1. The Labute approximate surface area is 328 Å². The minimum absolute atomic E-state index is 0.103. The first kappa shape index (κ1) is 32.2. The molecule has 0 N–H and O–H groups in total. The van der Waals surface area contributed by atoms with E-state index in [-0.39, 0.29) is 5.78 Å². The summed E-state index contributed by atoms with van der Waals surface area (Å²) in [7, 11) is 0. The van der Waals surface area contributed by atoms with Crippen LogP contribution >= 0.6 is 11.3 Å². The molecule has 56 heavy (non-hydrogen) atoms. The molecule has 5 heteroatoms. The van der Waals surface area contributed by atoms with Crippen molar-refractivity contribution in [3.63, 3.8) is 0 Å². The van der Waals surface area contributed by atoms with Crippen LogP contribution in [0, 0.1) is 0 Å². The molecule has 0 saturated carbocycles. The van der Waals surface area contributed by atoms with Crippen molar-refractivity contribution in [2.24, 2.45) is 0 Å². The summed E-state index contributed by atoms with van der Waals surface area (Å²) in [5.41, 5.74) is 13.4. The normalized spacial score (nSPS) is 12.0. The number of aromatic nitrogens is 1. The number of hydrogen-bond donors (Lipinski definition) is 0. The third-order valence-electron chi connectivity index (χ3n) is 10.9. The first-order valence-electron chi connectivity index (χ1n) is 18.8. The van der Waals surface area contributed by atoms with Gasteiger partial charge in [0.25, 0.3) is 0 Å². The fourth-order valence-electron chi connectivity index (χ4n) is 8.42. The van der Waals surface area contributed by atoms with Crippen molar-refractivity contribution in [1.29, 1.82) is 0 Å². The second-order valence-electron chi connectivity index (χ2n) is 14.1. The number of ketones is 1. The number of benzene rings is 6. The molecule has 0 spiro atoms. The Morgan fingerprint density at radius 2 is 0.839 bits per heavy atom. The summed E-state index contributed by atoms with van der Waals surface area (Å²) in [6.07, 6.45) is 0. The largest absolute Gasteiger partial charge is 0.310 e. The summed E-state index contributed by atoms with van der Waals surface area (Å²) in [5.74, 6) is 0.103. The van der Waals surface area contributed by atoms with Gasteiger partial charge in [-0.2, -0.15) is 0 Å². The minimum Gasteiger partial charge on any atom is -0.310 e. The van der Waals surface area contributed by atoms with Crippen molar-refractivity contribution in [1.82, 2.24) is 4.57 Å². The maximum Gasteiger partial charge on any atom is 0.195 e. The predicted octanol–water partition coefficient (Wildman–Crippen LogP) is 14.1. The van der Waals surface area contributed by atoms with Crippen molar-refractivity contribution in [2.45, 2.75) is 0 Å². The van der Waals surface area contributed by atoms with Crippen molar-refractivity contribution in [3.05, 3.63) is 211 Å². The summed E-state index contributed by atoms with van der Waals surface area (Å²) in [4.78, 5) is 19.8. The van der Waals surface area contributed by atoms with Gasteiger partial charge < -0.3 is 14.4 Å². The van der Waals surface area contributed by atoms with E-state index in [0.717, 1.165) is 93.6 Å². The fourth-order valence-corrected chi connectivity index (χ4v) is 9.63. The number of nitrogens with zero attached hydrogens (tertiary/aromatic N) is 3. The van der Waals surface area contributed by atoms with Gasteiger partial charge in [-0.1, -0.05) is 103 Å². The van der Waals surface area contributed by atoms with Crippen LogP contribution in [0.25, 0.3) is 48.4 Å². The van der Waals surface area contributed by atoms with Crippen LogP contribution in [-0.2, 0) is 0 Å². The van der Waals surface area contributed by atoms with Gasteiger partial charge in [-0.15, -0.1) is 11.3 Å². The molecule has 2 heterocycles. The number of rotatable bonds is 7. The average molecular weight is 736 g/mol. The zero-order valence-corrected chi connectivity index (χ0v) is 31.0. The van der Waals surface area contributed by atoms with Gasteiger partial charge in [-0.25, -0.2) is 0 Å². The van der Waals surface area contributed by atoms with E-state index in [4.69, 9.17) is 0 Å². The van der Waals surface area contributed by atoms with Crippen molar-refractivity contribution < 1.29 is 4.79 Å². The quantitative estimate of drug-likeness (QED) is 0.163. The summed E-state index contributed by atoms with van der Waals surface area (Å²) in [6, 6.07) is 70.2. The number of fused-ring (bicyclic) bond motifs is 8. The zero-order chi connectivity index (χ0) is 37.2. The average Bonchev–Trinajstić information content (AvgIpc) is 3.94. The Morgan fingerprint density at radius 1 is 0.393 bits per heavy atom. The van der Waals surface area contributed by atoms with E-state index in [0.29, 0.717) is 0 Å². The molecule has 0 radical (unpaired) electrons. The Bertz CT molecular complexity index is 2820. The van der Waals surface area contributed by atoms with Crippen molar-refractivity contribution in [2.75, 3.05) is 9.80 Å². The first-order valence-corrected chi connectivity index (χ1v) is 19.6. The van der Waals surface area contributed by atoms with E-state index < -0.39 is 0 Å². The number of carbonyl (C=O) groups excluding carboxylic acids is 1. The van der Waals surface area contributed by atoms with Gasteiger partial charge in [0.1, 0.15) is 5.00 Å². The van der Waals surface area contributed by atoms with E-state index in [2.05, 4.69) is 196 Å². The van der Waals surface area contributed by atoms with Crippen LogP contribution in [0.5, 0.6) is 0 Å². The number of hydrogen-bond acceptors (Lipinski definition) is 4. The summed E-state index contributed by atoms with van der Waals surface area (Å²) in [6.45, 7) is 0. The molecule has 8 aromatic rings. The standard InChI is InChI=1S/C51H33N3OS/c55-50-45-33-48(56-51(45)44-30-34-16-6-1-15-25-41(34)49(44)50)54-46-28-26-39(52(35-17-7-2-8-18-35)36-19-9-3-10-20-36)31-42(46)43-32-40(27-29-47(43)54)53(37-21-11-4-12-22-37)38-23-13-5-14-24-38/h1-33H. The molecule has 0 fully saturated rings. The molecule has 0 bridgehead atoms. The molecule has 0 aliphatic heterocycles. The topological polar surface area (TPSA) is 28.5 Å². The first-order chi connectivity index (χ1) is 27.7. The van der Waals surface area contributed by atoms with E-state index in [1.165, 1.54) is 0 Å². The van der Waals surface area contributed by atoms with Crippen LogP contribution in [0.2, 0.25) is 0 Å². The van der Waals surface area contributed by atoms with Gasteiger partial charge in [0.2, 0.25) is 0 Å².